The van der Waals surface area contributed by atoms with E-state index in [9.17, 15) is 0 Å². The van der Waals surface area contributed by atoms with Crippen molar-refractivity contribution in [1.29, 1.82) is 0 Å². The molecular formula is C9H7N5. The number of hydrogen-bond donors (Lipinski definition) is 2. The summed E-state index contributed by atoms with van der Waals surface area (Å²) in [6, 6.07) is 8.01. The molecule has 0 bridgehead atoms. The fraction of sp³-hybridized carbons (Fsp3) is 0. The smallest absolute Gasteiger partial charge is 0.206 e. The third kappa shape index (κ3) is 0.922. The van der Waals surface area contributed by atoms with E-state index >= 15 is 0 Å². The van der Waals surface area contributed by atoms with Crippen LogP contribution in [0.25, 0.3) is 22.3 Å². The van der Waals surface area contributed by atoms with Crippen LogP contribution in [0, 0.1) is 0 Å². The van der Waals surface area contributed by atoms with Gasteiger partial charge in [-0.3, -0.25) is 0 Å². The number of nitrogens with one attached hydrogen (secondary N) is 2. The summed E-state index contributed by atoms with van der Waals surface area (Å²) < 4.78 is 0. The lowest BCUT2D eigenvalue weighted by atomic mass is 10.2. The predicted octanol–water partition coefficient (Wildman–Crippen LogP) is 1.35. The molecule has 0 saturated carbocycles. The van der Waals surface area contributed by atoms with Gasteiger partial charge in [0.25, 0.3) is 0 Å². The second kappa shape index (κ2) is 2.66. The molecule has 3 rings (SSSR count). The van der Waals surface area contributed by atoms with Gasteiger partial charge in [-0.1, -0.05) is 18.2 Å². The standard InChI is InChI=1S/C9H7N5/c1-2-4-8-6(3-1)7(5-10-8)9-11-13-14-12-9/h1-5,10H,(H,11,12,13,14). The van der Waals surface area contributed by atoms with Crippen molar-refractivity contribution >= 4 is 10.9 Å². The summed E-state index contributed by atoms with van der Waals surface area (Å²) in [6.07, 6.45) is 1.88. The molecule has 5 nitrogen and oxygen atoms in total. The molecule has 2 aromatic heterocycles. The Morgan fingerprint density at radius 1 is 1.14 bits per heavy atom. The van der Waals surface area contributed by atoms with Crippen LogP contribution in [-0.2, 0) is 0 Å². The number of aromatic amines is 2. The molecule has 68 valence electrons. The van der Waals surface area contributed by atoms with Gasteiger partial charge in [-0.2, -0.15) is 5.21 Å². The third-order valence-electron chi connectivity index (χ3n) is 2.18. The summed E-state index contributed by atoms with van der Waals surface area (Å²) in [4.78, 5) is 3.15. The Labute approximate surface area is 79.2 Å². The third-order valence-corrected chi connectivity index (χ3v) is 2.18. The number of aromatic nitrogens is 5. The Kier molecular flexibility index (Phi) is 1.38. The van der Waals surface area contributed by atoms with E-state index in [2.05, 4.69) is 25.6 Å². The normalized spacial score (nSPS) is 10.9. The van der Waals surface area contributed by atoms with E-state index in [4.69, 9.17) is 0 Å². The highest BCUT2D eigenvalue weighted by atomic mass is 15.5. The van der Waals surface area contributed by atoms with E-state index in [-0.39, 0.29) is 0 Å². The number of rotatable bonds is 1. The molecule has 3 aromatic rings. The summed E-state index contributed by atoms with van der Waals surface area (Å²) >= 11 is 0. The topological polar surface area (TPSA) is 70.2 Å². The van der Waals surface area contributed by atoms with Gasteiger partial charge in [0.1, 0.15) is 0 Å². The van der Waals surface area contributed by atoms with Crippen molar-refractivity contribution in [3.05, 3.63) is 30.5 Å². The maximum atomic E-state index is 3.94. The lowest BCUT2D eigenvalue weighted by Crippen LogP contribution is -1.77. The second-order valence-corrected chi connectivity index (χ2v) is 2.98. The molecule has 2 N–H and O–H groups in total. The first-order valence-corrected chi connectivity index (χ1v) is 4.25. The largest absolute Gasteiger partial charge is 0.360 e. The fourth-order valence-corrected chi connectivity index (χ4v) is 1.53. The average molecular weight is 185 g/mol. The van der Waals surface area contributed by atoms with Gasteiger partial charge >= 0.3 is 0 Å². The summed E-state index contributed by atoms with van der Waals surface area (Å²) in [5, 5.41) is 15.0. The molecule has 0 fully saturated rings. The summed E-state index contributed by atoms with van der Waals surface area (Å²) in [7, 11) is 0. The van der Waals surface area contributed by atoms with Crippen LogP contribution < -0.4 is 0 Å². The Balaban J connectivity index is 2.33. The Hall–Kier alpha value is -2.17. The molecule has 0 aliphatic heterocycles. The van der Waals surface area contributed by atoms with Crippen molar-refractivity contribution in [2.24, 2.45) is 0 Å². The Morgan fingerprint density at radius 2 is 2.07 bits per heavy atom. The first-order chi connectivity index (χ1) is 6.95. The molecule has 0 saturated heterocycles. The zero-order valence-corrected chi connectivity index (χ0v) is 7.23. The van der Waals surface area contributed by atoms with E-state index in [1.807, 2.05) is 30.5 Å². The fourth-order valence-electron chi connectivity index (χ4n) is 1.53. The SMILES string of the molecule is c1ccc2c(-c3nn[nH]n3)c[nH]c2c1. The number of benzene rings is 1. The van der Waals surface area contributed by atoms with Crippen LogP contribution in [0.1, 0.15) is 0 Å². The molecule has 2 heterocycles. The zero-order valence-electron chi connectivity index (χ0n) is 7.23. The lowest BCUT2D eigenvalue weighted by Gasteiger charge is -1.90. The molecule has 1 aromatic carbocycles. The van der Waals surface area contributed by atoms with E-state index < -0.39 is 0 Å². The molecule has 0 aliphatic rings. The van der Waals surface area contributed by atoms with Crippen molar-refractivity contribution in [1.82, 2.24) is 25.6 Å². The maximum absolute atomic E-state index is 3.94. The van der Waals surface area contributed by atoms with E-state index in [1.54, 1.807) is 0 Å². The Morgan fingerprint density at radius 3 is 2.93 bits per heavy atom. The highest BCUT2D eigenvalue weighted by molar-refractivity contribution is 5.93. The summed E-state index contributed by atoms with van der Waals surface area (Å²) in [5.41, 5.74) is 2.04. The number of H-pyrrole nitrogens is 2. The average Bonchev–Trinajstić information content (AvgIpc) is 2.85. The van der Waals surface area contributed by atoms with Crippen LogP contribution in [0.15, 0.2) is 30.5 Å². The van der Waals surface area contributed by atoms with Crippen molar-refractivity contribution in [2.45, 2.75) is 0 Å². The van der Waals surface area contributed by atoms with E-state index in [0.717, 1.165) is 16.5 Å². The number of tetrazole rings is 1. The van der Waals surface area contributed by atoms with Gasteiger partial charge < -0.3 is 4.98 Å². The van der Waals surface area contributed by atoms with Crippen LogP contribution in [0.3, 0.4) is 0 Å². The molecule has 0 radical (unpaired) electrons. The van der Waals surface area contributed by atoms with Crippen molar-refractivity contribution in [3.63, 3.8) is 0 Å². The minimum Gasteiger partial charge on any atom is -0.360 e. The Bertz CT molecular complexity index is 551. The molecule has 0 unspecified atom stereocenters. The zero-order chi connectivity index (χ0) is 9.38. The molecule has 0 spiro atoms. The molecule has 0 amide bonds. The maximum Gasteiger partial charge on any atom is 0.206 e. The highest BCUT2D eigenvalue weighted by Crippen LogP contribution is 2.24. The minimum atomic E-state index is 0.613. The van der Waals surface area contributed by atoms with Crippen molar-refractivity contribution in [2.75, 3.05) is 0 Å². The first-order valence-electron chi connectivity index (χ1n) is 4.25. The highest BCUT2D eigenvalue weighted by Gasteiger charge is 2.08. The van der Waals surface area contributed by atoms with E-state index in [1.165, 1.54) is 0 Å². The summed E-state index contributed by atoms with van der Waals surface area (Å²) in [6.45, 7) is 0. The van der Waals surface area contributed by atoms with Crippen LogP contribution in [-0.4, -0.2) is 25.6 Å². The molecule has 0 atom stereocenters. The van der Waals surface area contributed by atoms with Gasteiger partial charge in [-0.25, -0.2) is 0 Å². The van der Waals surface area contributed by atoms with E-state index in [0.29, 0.717) is 5.82 Å². The van der Waals surface area contributed by atoms with Crippen molar-refractivity contribution in [3.8, 4) is 11.4 Å². The number of fused-ring (bicyclic) bond motifs is 1. The van der Waals surface area contributed by atoms with Gasteiger partial charge in [-0.15, -0.1) is 10.2 Å². The van der Waals surface area contributed by atoms with Crippen molar-refractivity contribution < 1.29 is 0 Å². The molecular weight excluding hydrogens is 178 g/mol. The summed E-state index contributed by atoms with van der Waals surface area (Å²) in [5.74, 6) is 0.613. The van der Waals surface area contributed by atoms with Gasteiger partial charge in [0.15, 0.2) is 0 Å². The van der Waals surface area contributed by atoms with Crippen LogP contribution in [0.4, 0.5) is 0 Å². The molecule has 14 heavy (non-hydrogen) atoms. The minimum absolute atomic E-state index is 0.613. The quantitative estimate of drug-likeness (QED) is 0.601. The van der Waals surface area contributed by atoms with Gasteiger partial charge in [0, 0.05) is 22.7 Å². The number of para-hydroxylation sites is 1. The van der Waals surface area contributed by atoms with Gasteiger partial charge in [0.05, 0.1) is 0 Å². The number of hydrogen-bond acceptors (Lipinski definition) is 3. The van der Waals surface area contributed by atoms with Crippen LogP contribution in [0.5, 0.6) is 0 Å². The second-order valence-electron chi connectivity index (χ2n) is 2.98. The number of nitrogens with zero attached hydrogens (tertiary/aromatic N) is 3. The predicted molar refractivity (Wildman–Crippen MR) is 51.5 cm³/mol. The lowest BCUT2D eigenvalue weighted by molar-refractivity contribution is 0.881. The van der Waals surface area contributed by atoms with Gasteiger partial charge in [0.2, 0.25) is 5.82 Å². The van der Waals surface area contributed by atoms with Gasteiger partial charge in [-0.05, 0) is 11.3 Å². The molecule has 0 aliphatic carbocycles. The monoisotopic (exact) mass is 185 g/mol. The van der Waals surface area contributed by atoms with Crippen LogP contribution >= 0.6 is 0 Å². The van der Waals surface area contributed by atoms with Crippen LogP contribution in [0.2, 0.25) is 0 Å². The molecule has 5 heteroatoms. The first kappa shape index (κ1) is 7.25.